The highest BCUT2D eigenvalue weighted by atomic mass is 16.2. The number of aromatic amines is 1. The number of amides is 1. The Bertz CT molecular complexity index is 500. The molecule has 6 nitrogen and oxygen atoms in total. The molecule has 6 heteroatoms. The number of aryl methyl sites for hydroxylation is 1. The lowest BCUT2D eigenvalue weighted by Gasteiger charge is -2.40. The Labute approximate surface area is 125 Å². The highest BCUT2D eigenvalue weighted by molar-refractivity contribution is 5.81. The van der Waals surface area contributed by atoms with Crippen LogP contribution in [0.1, 0.15) is 50.2 Å². The van der Waals surface area contributed by atoms with Crippen molar-refractivity contribution in [2.75, 3.05) is 7.05 Å². The smallest absolute Gasteiger partial charge is 0.239 e. The molecule has 0 spiro atoms. The van der Waals surface area contributed by atoms with E-state index in [1.807, 2.05) is 14.0 Å². The zero-order chi connectivity index (χ0) is 14.8. The van der Waals surface area contributed by atoms with E-state index >= 15 is 0 Å². The Morgan fingerprint density at radius 2 is 2.10 bits per heavy atom. The van der Waals surface area contributed by atoms with Gasteiger partial charge in [-0.3, -0.25) is 9.89 Å². The molecule has 1 saturated carbocycles. The lowest BCUT2D eigenvalue weighted by Crippen LogP contribution is -2.55. The van der Waals surface area contributed by atoms with E-state index in [4.69, 9.17) is 0 Å². The van der Waals surface area contributed by atoms with E-state index in [9.17, 15) is 4.79 Å². The standard InChI is InChI=1S/C15H25N5O/c1-10-16-14(19-18-10)9-20(2)15(21)13-8-7-11-5-3-4-6-12(11)17-13/h11-13,17H,3-9H2,1-2H3,(H,16,18,19). The van der Waals surface area contributed by atoms with Crippen LogP contribution in [0.2, 0.25) is 0 Å². The second-order valence-electron chi connectivity index (χ2n) is 6.48. The van der Waals surface area contributed by atoms with Crippen molar-refractivity contribution in [3.8, 4) is 0 Å². The SMILES string of the molecule is Cc1nc(CN(C)C(=O)C2CCC3CCCCC3N2)n[nH]1. The molecule has 2 fully saturated rings. The predicted molar refractivity (Wildman–Crippen MR) is 79.5 cm³/mol. The first kappa shape index (κ1) is 14.5. The Hall–Kier alpha value is -1.43. The van der Waals surface area contributed by atoms with Gasteiger partial charge in [0.15, 0.2) is 5.82 Å². The summed E-state index contributed by atoms with van der Waals surface area (Å²) in [6, 6.07) is 0.509. The summed E-state index contributed by atoms with van der Waals surface area (Å²) in [5, 5.41) is 10.5. The molecule has 1 aromatic heterocycles. The van der Waals surface area contributed by atoms with Crippen molar-refractivity contribution >= 4 is 5.91 Å². The van der Waals surface area contributed by atoms with Crippen LogP contribution in [0, 0.1) is 12.8 Å². The minimum absolute atomic E-state index is 0.0330. The zero-order valence-corrected chi connectivity index (χ0v) is 12.9. The largest absolute Gasteiger partial charge is 0.337 e. The van der Waals surface area contributed by atoms with E-state index in [0.717, 1.165) is 18.2 Å². The molecule has 1 saturated heterocycles. The van der Waals surface area contributed by atoms with Crippen LogP contribution in [0.15, 0.2) is 0 Å². The molecule has 1 amide bonds. The molecule has 2 heterocycles. The van der Waals surface area contributed by atoms with E-state index in [1.54, 1.807) is 4.90 Å². The monoisotopic (exact) mass is 291 g/mol. The lowest BCUT2D eigenvalue weighted by atomic mass is 9.77. The Morgan fingerprint density at radius 3 is 2.86 bits per heavy atom. The van der Waals surface area contributed by atoms with Crippen LogP contribution in [0.5, 0.6) is 0 Å². The predicted octanol–water partition coefficient (Wildman–Crippen LogP) is 1.38. The van der Waals surface area contributed by atoms with Gasteiger partial charge in [0.1, 0.15) is 5.82 Å². The summed E-state index contributed by atoms with van der Waals surface area (Å²) in [4.78, 5) is 18.6. The van der Waals surface area contributed by atoms with E-state index in [1.165, 1.54) is 32.1 Å². The quantitative estimate of drug-likeness (QED) is 0.882. The molecular formula is C15H25N5O. The highest BCUT2D eigenvalue weighted by Gasteiger charge is 2.35. The van der Waals surface area contributed by atoms with Crippen LogP contribution in [0.3, 0.4) is 0 Å². The molecule has 1 aliphatic carbocycles. The number of fused-ring (bicyclic) bond motifs is 1. The Kier molecular flexibility index (Phi) is 4.24. The fraction of sp³-hybridized carbons (Fsp3) is 0.800. The first-order valence-electron chi connectivity index (χ1n) is 8.02. The van der Waals surface area contributed by atoms with Crippen molar-refractivity contribution in [2.45, 2.75) is 64.1 Å². The van der Waals surface area contributed by atoms with Gasteiger partial charge in [-0.15, -0.1) is 0 Å². The van der Waals surface area contributed by atoms with Gasteiger partial charge < -0.3 is 10.2 Å². The van der Waals surface area contributed by atoms with E-state index in [-0.39, 0.29) is 11.9 Å². The second kappa shape index (κ2) is 6.13. The van der Waals surface area contributed by atoms with Crippen LogP contribution in [-0.2, 0) is 11.3 Å². The zero-order valence-electron chi connectivity index (χ0n) is 12.9. The van der Waals surface area contributed by atoms with E-state index < -0.39 is 0 Å². The van der Waals surface area contributed by atoms with Crippen molar-refractivity contribution in [1.29, 1.82) is 0 Å². The third-order valence-electron chi connectivity index (χ3n) is 4.85. The first-order chi connectivity index (χ1) is 10.1. The Morgan fingerprint density at radius 1 is 1.29 bits per heavy atom. The molecular weight excluding hydrogens is 266 g/mol. The van der Waals surface area contributed by atoms with Gasteiger partial charge >= 0.3 is 0 Å². The maximum atomic E-state index is 12.6. The number of hydrogen-bond donors (Lipinski definition) is 2. The number of likely N-dealkylation sites (N-methyl/N-ethyl adjacent to an activating group) is 1. The van der Waals surface area contributed by atoms with Crippen molar-refractivity contribution in [1.82, 2.24) is 25.4 Å². The van der Waals surface area contributed by atoms with Gasteiger partial charge in [0.25, 0.3) is 0 Å². The van der Waals surface area contributed by atoms with Crippen LogP contribution >= 0.6 is 0 Å². The van der Waals surface area contributed by atoms with Crippen LogP contribution < -0.4 is 5.32 Å². The number of hydrogen-bond acceptors (Lipinski definition) is 4. The van der Waals surface area contributed by atoms with E-state index in [0.29, 0.717) is 18.4 Å². The fourth-order valence-electron chi connectivity index (χ4n) is 3.71. The van der Waals surface area contributed by atoms with Crippen molar-refractivity contribution in [3.05, 3.63) is 11.6 Å². The number of rotatable bonds is 3. The Balaban J connectivity index is 1.57. The normalized spacial score (nSPS) is 29.0. The molecule has 21 heavy (non-hydrogen) atoms. The van der Waals surface area contributed by atoms with Gasteiger partial charge in [0.2, 0.25) is 5.91 Å². The molecule has 1 aliphatic heterocycles. The first-order valence-corrected chi connectivity index (χ1v) is 8.02. The van der Waals surface area contributed by atoms with Crippen LogP contribution in [0.4, 0.5) is 0 Å². The molecule has 0 radical (unpaired) electrons. The third kappa shape index (κ3) is 3.26. The van der Waals surface area contributed by atoms with Gasteiger partial charge in [-0.25, -0.2) is 4.98 Å². The fourth-order valence-corrected chi connectivity index (χ4v) is 3.71. The summed E-state index contributed by atoms with van der Waals surface area (Å²) >= 11 is 0. The summed E-state index contributed by atoms with van der Waals surface area (Å²) < 4.78 is 0. The second-order valence-corrected chi connectivity index (χ2v) is 6.48. The average Bonchev–Trinajstić information content (AvgIpc) is 2.91. The summed E-state index contributed by atoms with van der Waals surface area (Å²) in [6.45, 7) is 2.33. The minimum Gasteiger partial charge on any atom is -0.337 e. The molecule has 1 aromatic rings. The maximum absolute atomic E-state index is 12.6. The van der Waals surface area contributed by atoms with Gasteiger partial charge in [0.05, 0.1) is 12.6 Å². The molecule has 3 rings (SSSR count). The van der Waals surface area contributed by atoms with Crippen LogP contribution in [0.25, 0.3) is 0 Å². The van der Waals surface area contributed by atoms with Gasteiger partial charge in [-0.2, -0.15) is 5.10 Å². The molecule has 0 bridgehead atoms. The minimum atomic E-state index is -0.0330. The van der Waals surface area contributed by atoms with Gasteiger partial charge in [-0.1, -0.05) is 12.8 Å². The molecule has 116 valence electrons. The molecule has 3 unspecified atom stereocenters. The number of piperidine rings is 1. The number of H-pyrrole nitrogens is 1. The number of carbonyl (C=O) groups excluding carboxylic acids is 1. The number of carbonyl (C=O) groups is 1. The highest BCUT2D eigenvalue weighted by Crippen LogP contribution is 2.32. The number of aromatic nitrogens is 3. The average molecular weight is 291 g/mol. The summed E-state index contributed by atoms with van der Waals surface area (Å²) in [5.74, 6) is 2.41. The lowest BCUT2D eigenvalue weighted by molar-refractivity contribution is -0.134. The molecule has 2 N–H and O–H groups in total. The maximum Gasteiger partial charge on any atom is 0.239 e. The molecule has 3 atom stereocenters. The summed E-state index contributed by atoms with van der Waals surface area (Å²) in [6.07, 6.45) is 7.33. The van der Waals surface area contributed by atoms with Crippen molar-refractivity contribution in [2.24, 2.45) is 5.92 Å². The van der Waals surface area contributed by atoms with E-state index in [2.05, 4.69) is 20.5 Å². The number of nitrogens with zero attached hydrogens (tertiary/aromatic N) is 3. The topological polar surface area (TPSA) is 73.9 Å². The van der Waals surface area contributed by atoms with Crippen molar-refractivity contribution in [3.63, 3.8) is 0 Å². The molecule has 0 aromatic carbocycles. The molecule has 2 aliphatic rings. The van der Waals surface area contributed by atoms with Gasteiger partial charge in [-0.05, 0) is 38.5 Å². The number of nitrogens with one attached hydrogen (secondary N) is 2. The van der Waals surface area contributed by atoms with Crippen LogP contribution in [-0.4, -0.2) is 45.1 Å². The van der Waals surface area contributed by atoms with Crippen molar-refractivity contribution < 1.29 is 4.79 Å². The van der Waals surface area contributed by atoms with Gasteiger partial charge in [0, 0.05) is 13.1 Å². The summed E-state index contributed by atoms with van der Waals surface area (Å²) in [7, 11) is 1.84. The third-order valence-corrected chi connectivity index (χ3v) is 4.85. The summed E-state index contributed by atoms with van der Waals surface area (Å²) in [5.41, 5.74) is 0.